The molecule has 0 aliphatic carbocycles. The summed E-state index contributed by atoms with van der Waals surface area (Å²) in [5.41, 5.74) is -0.756. The number of nitrogens with one attached hydrogen (secondary N) is 1. The Morgan fingerprint density at radius 3 is 2.19 bits per heavy atom. The molecule has 5 nitrogen and oxygen atoms in total. The molecule has 2 rings (SSSR count). The summed E-state index contributed by atoms with van der Waals surface area (Å²) < 4.78 is 64.1. The number of anilines is 1. The van der Waals surface area contributed by atoms with Gasteiger partial charge in [-0.05, 0) is 6.07 Å². The van der Waals surface area contributed by atoms with Crippen LogP contribution in [0.4, 0.5) is 18.9 Å². The summed E-state index contributed by atoms with van der Waals surface area (Å²) in [6, 6.07) is 1.84. The van der Waals surface area contributed by atoms with Gasteiger partial charge in [-0.25, -0.2) is 26.4 Å². The van der Waals surface area contributed by atoms with Crippen molar-refractivity contribution in [2.75, 3.05) is 4.72 Å². The second-order valence-corrected chi connectivity index (χ2v) is 6.64. The van der Waals surface area contributed by atoms with Crippen molar-refractivity contribution in [3.05, 3.63) is 46.6 Å². The quantitative estimate of drug-likeness (QED) is 0.840. The first-order valence-corrected chi connectivity index (χ1v) is 7.56. The van der Waals surface area contributed by atoms with Gasteiger partial charge in [0.05, 0.1) is 11.3 Å². The van der Waals surface area contributed by atoms with Gasteiger partial charge in [0.1, 0.15) is 4.21 Å². The summed E-state index contributed by atoms with van der Waals surface area (Å²) >= 11 is 0.623. The maximum absolute atomic E-state index is 13.0. The summed E-state index contributed by atoms with van der Waals surface area (Å²) in [4.78, 5) is 10.7. The van der Waals surface area contributed by atoms with E-state index in [1.165, 1.54) is 0 Å². The molecule has 0 bridgehead atoms. The van der Waals surface area contributed by atoms with E-state index in [0.717, 1.165) is 11.4 Å². The van der Waals surface area contributed by atoms with Crippen LogP contribution in [0.2, 0.25) is 0 Å². The average Bonchev–Trinajstić information content (AvgIpc) is 2.85. The molecule has 0 aliphatic heterocycles. The zero-order valence-corrected chi connectivity index (χ0v) is 11.6. The third-order valence-electron chi connectivity index (χ3n) is 2.32. The molecule has 0 saturated heterocycles. The highest BCUT2D eigenvalue weighted by Crippen LogP contribution is 2.24. The Kier molecular flexibility index (Phi) is 3.92. The van der Waals surface area contributed by atoms with E-state index in [1.54, 1.807) is 0 Å². The number of halogens is 3. The lowest BCUT2D eigenvalue weighted by Gasteiger charge is -2.07. The van der Waals surface area contributed by atoms with Crippen molar-refractivity contribution < 1.29 is 31.5 Å². The normalized spacial score (nSPS) is 11.4. The van der Waals surface area contributed by atoms with Gasteiger partial charge in [0.15, 0.2) is 17.5 Å². The number of sulfonamides is 1. The molecule has 0 aliphatic rings. The monoisotopic (exact) mass is 337 g/mol. The lowest BCUT2D eigenvalue weighted by molar-refractivity contribution is 0.0697. The molecule has 1 aromatic heterocycles. The third kappa shape index (κ3) is 3.16. The van der Waals surface area contributed by atoms with Crippen molar-refractivity contribution in [2.24, 2.45) is 0 Å². The molecule has 0 fully saturated rings. The molecule has 0 spiro atoms. The molecule has 0 amide bonds. The van der Waals surface area contributed by atoms with Gasteiger partial charge in [0.2, 0.25) is 0 Å². The fraction of sp³-hybridized carbons (Fsp3) is 0. The van der Waals surface area contributed by atoms with Crippen molar-refractivity contribution in [3.8, 4) is 0 Å². The Labute approximate surface area is 120 Å². The lowest BCUT2D eigenvalue weighted by atomic mass is 10.3. The van der Waals surface area contributed by atoms with Crippen LogP contribution in [0.5, 0.6) is 0 Å². The molecule has 21 heavy (non-hydrogen) atoms. The van der Waals surface area contributed by atoms with Crippen LogP contribution < -0.4 is 4.72 Å². The van der Waals surface area contributed by atoms with Crippen LogP contribution in [0.3, 0.4) is 0 Å². The van der Waals surface area contributed by atoms with Gasteiger partial charge in [0.25, 0.3) is 10.0 Å². The molecular weight excluding hydrogens is 331 g/mol. The highest BCUT2D eigenvalue weighted by Gasteiger charge is 2.20. The van der Waals surface area contributed by atoms with Gasteiger partial charge >= 0.3 is 5.97 Å². The number of rotatable bonds is 4. The van der Waals surface area contributed by atoms with E-state index < -0.39 is 39.1 Å². The predicted molar refractivity (Wildman–Crippen MR) is 68.4 cm³/mol. The molecule has 1 heterocycles. The lowest BCUT2D eigenvalue weighted by Crippen LogP contribution is -2.12. The van der Waals surface area contributed by atoms with Crippen molar-refractivity contribution in [3.63, 3.8) is 0 Å². The minimum atomic E-state index is -4.22. The average molecular weight is 337 g/mol. The molecule has 0 saturated carbocycles. The van der Waals surface area contributed by atoms with Crippen LogP contribution in [0, 0.1) is 17.5 Å². The fourth-order valence-electron chi connectivity index (χ4n) is 1.39. The second kappa shape index (κ2) is 5.37. The minimum Gasteiger partial charge on any atom is -0.478 e. The van der Waals surface area contributed by atoms with Crippen molar-refractivity contribution in [1.29, 1.82) is 0 Å². The Morgan fingerprint density at radius 2 is 1.71 bits per heavy atom. The number of carboxylic acids is 1. The summed E-state index contributed by atoms with van der Waals surface area (Å²) in [5.74, 6) is -6.14. The molecule has 0 radical (unpaired) electrons. The maximum atomic E-state index is 13.0. The van der Waals surface area contributed by atoms with E-state index in [2.05, 4.69) is 0 Å². The molecule has 0 atom stereocenters. The number of benzene rings is 1. The van der Waals surface area contributed by atoms with E-state index in [-0.39, 0.29) is 9.77 Å². The number of aromatic carboxylic acids is 1. The number of hydrogen-bond acceptors (Lipinski definition) is 4. The third-order valence-corrected chi connectivity index (χ3v) is 5.14. The van der Waals surface area contributed by atoms with E-state index >= 15 is 0 Å². The van der Waals surface area contributed by atoms with Crippen LogP contribution >= 0.6 is 11.3 Å². The van der Waals surface area contributed by atoms with Gasteiger partial charge < -0.3 is 5.11 Å². The smallest absolute Gasteiger partial charge is 0.336 e. The Balaban J connectivity index is 2.35. The van der Waals surface area contributed by atoms with Gasteiger partial charge in [-0.15, -0.1) is 11.3 Å². The van der Waals surface area contributed by atoms with Crippen molar-refractivity contribution in [1.82, 2.24) is 0 Å². The van der Waals surface area contributed by atoms with Gasteiger partial charge in [0, 0.05) is 17.5 Å². The fourth-order valence-corrected chi connectivity index (χ4v) is 3.58. The molecule has 2 aromatic rings. The number of thiophene rings is 1. The van der Waals surface area contributed by atoms with Crippen LogP contribution in [0.1, 0.15) is 10.4 Å². The highest BCUT2D eigenvalue weighted by molar-refractivity contribution is 7.94. The van der Waals surface area contributed by atoms with Gasteiger partial charge in [-0.1, -0.05) is 0 Å². The number of carboxylic acid groups (broad SMARTS) is 1. The van der Waals surface area contributed by atoms with Crippen LogP contribution in [-0.2, 0) is 10.0 Å². The van der Waals surface area contributed by atoms with E-state index in [4.69, 9.17) is 5.11 Å². The van der Waals surface area contributed by atoms with Crippen molar-refractivity contribution in [2.45, 2.75) is 4.21 Å². The molecule has 112 valence electrons. The summed E-state index contributed by atoms with van der Waals surface area (Å²) in [6.45, 7) is 0. The molecular formula is C11H6F3NO4S2. The number of hydrogen-bond donors (Lipinski definition) is 2. The Hall–Kier alpha value is -2.07. The van der Waals surface area contributed by atoms with Crippen molar-refractivity contribution >= 4 is 33.0 Å². The zero-order valence-electron chi connectivity index (χ0n) is 9.93. The zero-order chi connectivity index (χ0) is 15.8. The Bertz CT molecular complexity index is 794. The molecule has 2 N–H and O–H groups in total. The predicted octanol–water partition coefficient (Wildman–Crippen LogP) is 2.66. The number of carbonyl (C=O) groups is 1. The molecule has 1 aromatic carbocycles. The largest absolute Gasteiger partial charge is 0.478 e. The van der Waals surface area contributed by atoms with E-state index in [1.807, 2.05) is 4.72 Å². The van der Waals surface area contributed by atoms with E-state index in [0.29, 0.717) is 23.5 Å². The first kappa shape index (κ1) is 15.3. The van der Waals surface area contributed by atoms with Gasteiger partial charge in [-0.3, -0.25) is 4.72 Å². The summed E-state index contributed by atoms with van der Waals surface area (Å²) in [6.07, 6.45) is 0. The van der Waals surface area contributed by atoms with Crippen LogP contribution in [0.25, 0.3) is 0 Å². The summed E-state index contributed by atoms with van der Waals surface area (Å²) in [7, 11) is -4.22. The first-order chi connectivity index (χ1) is 9.70. The van der Waals surface area contributed by atoms with Crippen LogP contribution in [-0.4, -0.2) is 19.5 Å². The maximum Gasteiger partial charge on any atom is 0.336 e. The van der Waals surface area contributed by atoms with Crippen LogP contribution in [0.15, 0.2) is 27.8 Å². The highest BCUT2D eigenvalue weighted by atomic mass is 32.2. The molecule has 10 heteroatoms. The standard InChI is InChI=1S/C11H6F3NO4S2/c12-7-2-6(3-8(13)10(7)14)15-21(18,19)9-1-5(4-20-9)11(16)17/h1-4,15H,(H,16,17). The minimum absolute atomic E-state index is 0.239. The van der Waals surface area contributed by atoms with Gasteiger partial charge in [-0.2, -0.15) is 0 Å². The topological polar surface area (TPSA) is 83.5 Å². The SMILES string of the molecule is O=C(O)c1csc(S(=O)(=O)Nc2cc(F)c(F)c(F)c2)c1. The Morgan fingerprint density at radius 1 is 1.14 bits per heavy atom. The summed E-state index contributed by atoms with van der Waals surface area (Å²) in [5, 5.41) is 9.81. The van der Waals surface area contributed by atoms with E-state index in [9.17, 15) is 26.4 Å². The first-order valence-electron chi connectivity index (χ1n) is 5.20. The molecule has 0 unspecified atom stereocenters. The second-order valence-electron chi connectivity index (χ2n) is 3.82.